The number of methoxy groups -OCH3 is 1. The third kappa shape index (κ3) is 4.06. The van der Waals surface area contributed by atoms with E-state index in [1.165, 1.54) is 47.3 Å². The van der Waals surface area contributed by atoms with E-state index in [4.69, 9.17) is 27.9 Å². The Balaban J connectivity index is 1.74. The number of halogens is 2. The van der Waals surface area contributed by atoms with E-state index in [0.717, 1.165) is 4.90 Å². The van der Waals surface area contributed by atoms with Crippen molar-refractivity contribution in [3.8, 4) is 0 Å². The number of thiazole rings is 1. The van der Waals surface area contributed by atoms with Gasteiger partial charge in [0.15, 0.2) is 4.80 Å². The average molecular weight is 492 g/mol. The van der Waals surface area contributed by atoms with Crippen LogP contribution in [0.15, 0.2) is 41.4 Å². The molecule has 0 saturated carbocycles. The number of nitrogens with zero attached hydrogens (tertiary/aromatic N) is 3. The van der Waals surface area contributed by atoms with Crippen LogP contribution in [0.25, 0.3) is 10.2 Å². The third-order valence-electron chi connectivity index (χ3n) is 4.87. The van der Waals surface area contributed by atoms with Crippen molar-refractivity contribution in [2.24, 2.45) is 4.99 Å². The molecule has 0 spiro atoms. The van der Waals surface area contributed by atoms with Crippen LogP contribution in [0.2, 0.25) is 10.0 Å². The number of carbonyl (C=O) groups excluding carboxylic acids is 4. The number of amides is 3. The predicted molar refractivity (Wildman–Crippen MR) is 120 cm³/mol. The van der Waals surface area contributed by atoms with Crippen LogP contribution in [0, 0.1) is 0 Å². The number of fused-ring (bicyclic) bond motifs is 1. The SMILES string of the molecule is COC(=O)Cn1c(=NC(=O)c2ccc(N3C(=O)CCC3=O)cc2)sc2ccc(Cl)c(Cl)c21. The second-order valence-corrected chi connectivity index (χ2v) is 8.64. The monoisotopic (exact) mass is 491 g/mol. The van der Waals surface area contributed by atoms with Crippen LogP contribution in [-0.2, 0) is 25.7 Å². The van der Waals surface area contributed by atoms with Gasteiger partial charge in [0.05, 0.1) is 33.1 Å². The number of hydrogen-bond acceptors (Lipinski definition) is 6. The molecule has 0 N–H and O–H groups in total. The first-order chi connectivity index (χ1) is 15.3. The van der Waals surface area contributed by atoms with Gasteiger partial charge in [-0.3, -0.25) is 24.1 Å². The third-order valence-corrected chi connectivity index (χ3v) is 6.71. The van der Waals surface area contributed by atoms with Crippen molar-refractivity contribution in [3.05, 3.63) is 56.8 Å². The van der Waals surface area contributed by atoms with E-state index >= 15 is 0 Å². The van der Waals surface area contributed by atoms with Gasteiger partial charge in [-0.05, 0) is 36.4 Å². The van der Waals surface area contributed by atoms with Crippen LogP contribution in [0.3, 0.4) is 0 Å². The first-order valence-electron chi connectivity index (χ1n) is 9.39. The van der Waals surface area contributed by atoms with Crippen molar-refractivity contribution in [2.45, 2.75) is 19.4 Å². The fourth-order valence-corrected chi connectivity index (χ4v) is 4.81. The molecule has 3 amide bonds. The molecule has 0 atom stereocenters. The second kappa shape index (κ2) is 8.85. The van der Waals surface area contributed by atoms with Crippen molar-refractivity contribution < 1.29 is 23.9 Å². The Morgan fingerprint density at radius 3 is 2.34 bits per heavy atom. The number of rotatable bonds is 4. The summed E-state index contributed by atoms with van der Waals surface area (Å²) < 4.78 is 6.92. The summed E-state index contributed by atoms with van der Waals surface area (Å²) in [5, 5.41) is 0.539. The van der Waals surface area contributed by atoms with Gasteiger partial charge in [0.1, 0.15) is 6.54 Å². The summed E-state index contributed by atoms with van der Waals surface area (Å²) in [7, 11) is 1.26. The maximum atomic E-state index is 12.8. The normalized spacial score (nSPS) is 14.5. The molecule has 0 radical (unpaired) electrons. The number of ether oxygens (including phenoxy) is 1. The van der Waals surface area contributed by atoms with Crippen LogP contribution in [0.1, 0.15) is 23.2 Å². The quantitative estimate of drug-likeness (QED) is 0.410. The zero-order valence-electron chi connectivity index (χ0n) is 16.6. The van der Waals surface area contributed by atoms with E-state index in [9.17, 15) is 19.2 Å². The van der Waals surface area contributed by atoms with Gasteiger partial charge in [-0.15, -0.1) is 0 Å². The molecule has 1 aromatic heterocycles. The van der Waals surface area contributed by atoms with Crippen LogP contribution in [-0.4, -0.2) is 35.4 Å². The molecule has 1 fully saturated rings. The average Bonchev–Trinajstić information content (AvgIpc) is 3.30. The minimum atomic E-state index is -0.567. The van der Waals surface area contributed by atoms with Gasteiger partial charge in [0.25, 0.3) is 5.91 Å². The predicted octanol–water partition coefficient (Wildman–Crippen LogP) is 3.58. The van der Waals surface area contributed by atoms with Gasteiger partial charge in [-0.25, -0.2) is 0 Å². The first-order valence-corrected chi connectivity index (χ1v) is 11.0. The highest BCUT2D eigenvalue weighted by Crippen LogP contribution is 2.32. The highest BCUT2D eigenvalue weighted by molar-refractivity contribution is 7.16. The summed E-state index contributed by atoms with van der Waals surface area (Å²) in [4.78, 5) is 54.1. The Kier molecular flexibility index (Phi) is 6.14. The Labute approximate surface area is 195 Å². The summed E-state index contributed by atoms with van der Waals surface area (Å²) in [5.74, 6) is -1.66. The molecule has 1 aliphatic rings. The molecule has 164 valence electrons. The van der Waals surface area contributed by atoms with Gasteiger partial charge in [0, 0.05) is 18.4 Å². The molecule has 2 heterocycles. The molecule has 1 saturated heterocycles. The summed E-state index contributed by atoms with van der Waals surface area (Å²) >= 11 is 13.6. The lowest BCUT2D eigenvalue weighted by molar-refractivity contribution is -0.141. The van der Waals surface area contributed by atoms with E-state index in [0.29, 0.717) is 20.9 Å². The van der Waals surface area contributed by atoms with Crippen LogP contribution in [0.5, 0.6) is 0 Å². The van der Waals surface area contributed by atoms with Gasteiger partial charge in [0.2, 0.25) is 11.8 Å². The van der Waals surface area contributed by atoms with Crippen LogP contribution in [0.4, 0.5) is 5.69 Å². The highest BCUT2D eigenvalue weighted by Gasteiger charge is 2.30. The van der Waals surface area contributed by atoms with Crippen molar-refractivity contribution in [3.63, 3.8) is 0 Å². The molecule has 0 unspecified atom stereocenters. The van der Waals surface area contributed by atoms with Gasteiger partial charge < -0.3 is 9.30 Å². The molecule has 11 heteroatoms. The lowest BCUT2D eigenvalue weighted by Crippen LogP contribution is -2.28. The zero-order valence-corrected chi connectivity index (χ0v) is 19.0. The smallest absolute Gasteiger partial charge is 0.325 e. The molecule has 1 aliphatic heterocycles. The molecule has 0 aliphatic carbocycles. The summed E-state index contributed by atoms with van der Waals surface area (Å²) in [6.45, 7) is -0.208. The van der Waals surface area contributed by atoms with Crippen molar-refractivity contribution >= 4 is 74.1 Å². The van der Waals surface area contributed by atoms with Crippen molar-refractivity contribution in [1.29, 1.82) is 0 Å². The van der Waals surface area contributed by atoms with E-state index in [-0.39, 0.29) is 46.6 Å². The Morgan fingerprint density at radius 1 is 1.06 bits per heavy atom. The Bertz CT molecular complexity index is 1330. The molecular weight excluding hydrogens is 477 g/mol. The number of hydrogen-bond donors (Lipinski definition) is 0. The lowest BCUT2D eigenvalue weighted by Gasteiger charge is -2.13. The van der Waals surface area contributed by atoms with Gasteiger partial charge in [-0.2, -0.15) is 4.99 Å². The fourth-order valence-electron chi connectivity index (χ4n) is 3.30. The maximum absolute atomic E-state index is 12.8. The number of esters is 1. The molecule has 4 rings (SSSR count). The zero-order chi connectivity index (χ0) is 23.0. The van der Waals surface area contributed by atoms with Crippen LogP contribution >= 0.6 is 34.5 Å². The van der Waals surface area contributed by atoms with E-state index < -0.39 is 11.9 Å². The number of carbonyl (C=O) groups is 4. The standard InChI is InChI=1S/C21H15Cl2N3O5S/c1-31-17(29)10-25-19-14(7-6-13(22)18(19)23)32-21(25)24-20(30)11-2-4-12(5-3-11)26-15(27)8-9-16(26)28/h2-7H,8-10H2,1H3. The number of imide groups is 1. The van der Waals surface area contributed by atoms with Crippen molar-refractivity contribution in [1.82, 2.24) is 4.57 Å². The molecule has 32 heavy (non-hydrogen) atoms. The lowest BCUT2D eigenvalue weighted by atomic mass is 10.2. The van der Waals surface area contributed by atoms with E-state index in [1.54, 1.807) is 12.1 Å². The van der Waals surface area contributed by atoms with Gasteiger partial charge in [-0.1, -0.05) is 34.5 Å². The molecule has 0 bridgehead atoms. The number of anilines is 1. The van der Waals surface area contributed by atoms with Crippen LogP contribution < -0.4 is 9.70 Å². The molecular formula is C21H15Cl2N3O5S. The van der Waals surface area contributed by atoms with Crippen molar-refractivity contribution in [2.75, 3.05) is 12.0 Å². The highest BCUT2D eigenvalue weighted by atomic mass is 35.5. The fraction of sp³-hybridized carbons (Fsp3) is 0.190. The largest absolute Gasteiger partial charge is 0.468 e. The maximum Gasteiger partial charge on any atom is 0.325 e. The first kappa shape index (κ1) is 22.2. The molecule has 3 aromatic rings. The minimum Gasteiger partial charge on any atom is -0.468 e. The van der Waals surface area contributed by atoms with E-state index in [2.05, 4.69) is 4.99 Å². The molecule has 2 aromatic carbocycles. The second-order valence-electron chi connectivity index (χ2n) is 6.84. The summed E-state index contributed by atoms with van der Waals surface area (Å²) in [6.07, 6.45) is 0.348. The Hall–Kier alpha value is -3.01. The number of aromatic nitrogens is 1. The topological polar surface area (TPSA) is 98.0 Å². The Morgan fingerprint density at radius 2 is 1.72 bits per heavy atom. The summed E-state index contributed by atoms with van der Waals surface area (Å²) in [6, 6.07) is 9.37. The minimum absolute atomic E-state index is 0.174. The van der Waals surface area contributed by atoms with E-state index in [1.807, 2.05) is 0 Å². The van der Waals surface area contributed by atoms with Gasteiger partial charge >= 0.3 is 5.97 Å². The number of benzene rings is 2. The molecule has 8 nitrogen and oxygen atoms in total. The summed E-state index contributed by atoms with van der Waals surface area (Å²) in [5.41, 5.74) is 1.12.